The standard InChI is InChI=1S/C26H26FN5O2S/c27-22-6-4-19(5-7-22)15-24(33)31-13-8-21(9-14-31)25-30-23(18-35-25)26(34)32(12-2-10-28)17-20-3-1-11-29-16-20/h1,3-7,11,16,18,21H,2,8-9,12-15,17H2. The summed E-state index contributed by atoms with van der Waals surface area (Å²) in [6.07, 6.45) is 5.46. The van der Waals surface area contributed by atoms with E-state index in [0.717, 1.165) is 29.0 Å². The van der Waals surface area contributed by atoms with Crippen LogP contribution >= 0.6 is 11.3 Å². The number of hydrogen-bond acceptors (Lipinski definition) is 6. The van der Waals surface area contributed by atoms with Crippen LogP contribution in [0.1, 0.15) is 51.8 Å². The van der Waals surface area contributed by atoms with Gasteiger partial charge in [0.1, 0.15) is 11.5 Å². The van der Waals surface area contributed by atoms with Crippen molar-refractivity contribution in [3.63, 3.8) is 0 Å². The summed E-state index contributed by atoms with van der Waals surface area (Å²) in [6, 6.07) is 11.8. The fraction of sp³-hybridized carbons (Fsp3) is 0.346. The van der Waals surface area contributed by atoms with Crippen LogP contribution in [0.15, 0.2) is 54.2 Å². The SMILES string of the molecule is N#CCCN(Cc1cccnc1)C(=O)c1csc(C2CCN(C(=O)Cc3ccc(F)cc3)CC2)n1. The molecular formula is C26H26FN5O2S. The molecule has 0 atom stereocenters. The molecular weight excluding hydrogens is 465 g/mol. The van der Waals surface area contributed by atoms with E-state index in [1.165, 1.54) is 23.5 Å². The highest BCUT2D eigenvalue weighted by atomic mass is 32.1. The number of aromatic nitrogens is 2. The Bertz CT molecular complexity index is 1180. The molecule has 0 radical (unpaired) electrons. The van der Waals surface area contributed by atoms with E-state index in [-0.39, 0.29) is 36.4 Å². The van der Waals surface area contributed by atoms with Crippen LogP contribution in [-0.2, 0) is 17.8 Å². The smallest absolute Gasteiger partial charge is 0.273 e. The Hall–Kier alpha value is -3.64. The molecule has 7 nitrogen and oxygen atoms in total. The van der Waals surface area contributed by atoms with Crippen LogP contribution in [0.5, 0.6) is 0 Å². The van der Waals surface area contributed by atoms with Gasteiger partial charge in [-0.25, -0.2) is 9.37 Å². The third-order valence-corrected chi connectivity index (χ3v) is 7.09. The van der Waals surface area contributed by atoms with Gasteiger partial charge in [0.25, 0.3) is 5.91 Å². The Morgan fingerprint density at radius 1 is 1.17 bits per heavy atom. The summed E-state index contributed by atoms with van der Waals surface area (Å²) < 4.78 is 13.1. The van der Waals surface area contributed by atoms with Gasteiger partial charge in [0.15, 0.2) is 0 Å². The molecule has 35 heavy (non-hydrogen) atoms. The molecule has 0 saturated carbocycles. The second-order valence-electron chi connectivity index (χ2n) is 8.53. The number of nitriles is 1. The monoisotopic (exact) mass is 491 g/mol. The van der Waals surface area contributed by atoms with Crippen LogP contribution in [0.3, 0.4) is 0 Å². The van der Waals surface area contributed by atoms with Crippen LogP contribution in [0.2, 0.25) is 0 Å². The number of thiazole rings is 1. The zero-order chi connectivity index (χ0) is 24.6. The van der Waals surface area contributed by atoms with E-state index in [2.05, 4.69) is 16.0 Å². The van der Waals surface area contributed by atoms with E-state index in [9.17, 15) is 14.0 Å². The van der Waals surface area contributed by atoms with E-state index in [0.29, 0.717) is 31.9 Å². The van der Waals surface area contributed by atoms with Crippen molar-refractivity contribution in [2.75, 3.05) is 19.6 Å². The van der Waals surface area contributed by atoms with E-state index in [4.69, 9.17) is 5.26 Å². The van der Waals surface area contributed by atoms with Gasteiger partial charge in [-0.05, 0) is 42.2 Å². The summed E-state index contributed by atoms with van der Waals surface area (Å²) in [5.74, 6) is -0.275. The van der Waals surface area contributed by atoms with Crippen molar-refractivity contribution in [2.24, 2.45) is 0 Å². The number of nitrogens with zero attached hydrogens (tertiary/aromatic N) is 5. The molecule has 3 aromatic rings. The summed E-state index contributed by atoms with van der Waals surface area (Å²) in [4.78, 5) is 38.0. The Morgan fingerprint density at radius 3 is 2.63 bits per heavy atom. The van der Waals surface area contributed by atoms with Crippen molar-refractivity contribution < 1.29 is 14.0 Å². The lowest BCUT2D eigenvalue weighted by molar-refractivity contribution is -0.131. The molecule has 1 fully saturated rings. The normalized spacial score (nSPS) is 13.9. The minimum Gasteiger partial charge on any atom is -0.342 e. The summed E-state index contributed by atoms with van der Waals surface area (Å²) in [7, 11) is 0. The van der Waals surface area contributed by atoms with Crippen LogP contribution in [-0.4, -0.2) is 51.2 Å². The number of carbonyl (C=O) groups is 2. The maximum absolute atomic E-state index is 13.2. The van der Waals surface area contributed by atoms with Gasteiger partial charge < -0.3 is 9.80 Å². The van der Waals surface area contributed by atoms with Crippen LogP contribution in [0.4, 0.5) is 4.39 Å². The fourth-order valence-electron chi connectivity index (χ4n) is 4.15. The Morgan fingerprint density at radius 2 is 1.94 bits per heavy atom. The highest BCUT2D eigenvalue weighted by molar-refractivity contribution is 7.09. The minimum atomic E-state index is -0.312. The molecule has 2 amide bonds. The Labute approximate surface area is 207 Å². The van der Waals surface area contributed by atoms with Crippen molar-refractivity contribution in [3.05, 3.63) is 81.8 Å². The first kappa shape index (κ1) is 24.5. The summed E-state index contributed by atoms with van der Waals surface area (Å²) in [5, 5.41) is 11.7. The van der Waals surface area contributed by atoms with E-state index < -0.39 is 0 Å². The van der Waals surface area contributed by atoms with Gasteiger partial charge in [-0.15, -0.1) is 11.3 Å². The molecule has 1 aromatic carbocycles. The van der Waals surface area contributed by atoms with Crippen molar-refractivity contribution in [1.82, 2.24) is 19.8 Å². The third kappa shape index (κ3) is 6.49. The molecule has 0 spiro atoms. The Balaban J connectivity index is 1.34. The highest BCUT2D eigenvalue weighted by Crippen LogP contribution is 2.31. The number of amides is 2. The number of pyridine rings is 1. The van der Waals surface area contributed by atoms with Crippen molar-refractivity contribution >= 4 is 23.2 Å². The molecule has 2 aromatic heterocycles. The number of likely N-dealkylation sites (tertiary alicyclic amines) is 1. The van der Waals surface area contributed by atoms with Crippen molar-refractivity contribution in [1.29, 1.82) is 5.26 Å². The quantitative estimate of drug-likeness (QED) is 0.472. The number of piperidine rings is 1. The van der Waals surface area contributed by atoms with Crippen molar-refractivity contribution in [3.8, 4) is 6.07 Å². The third-order valence-electron chi connectivity index (χ3n) is 6.08. The lowest BCUT2D eigenvalue weighted by atomic mass is 9.97. The first-order valence-electron chi connectivity index (χ1n) is 11.6. The minimum absolute atomic E-state index is 0.0357. The fourth-order valence-corrected chi connectivity index (χ4v) is 5.11. The van der Waals surface area contributed by atoms with E-state index in [1.807, 2.05) is 17.0 Å². The van der Waals surface area contributed by atoms with Gasteiger partial charge in [0.2, 0.25) is 5.91 Å². The predicted molar refractivity (Wildman–Crippen MR) is 130 cm³/mol. The van der Waals surface area contributed by atoms with Gasteiger partial charge in [-0.1, -0.05) is 18.2 Å². The van der Waals surface area contributed by atoms with Gasteiger partial charge in [-0.2, -0.15) is 5.26 Å². The topological polar surface area (TPSA) is 90.2 Å². The molecule has 0 bridgehead atoms. The highest BCUT2D eigenvalue weighted by Gasteiger charge is 2.27. The average Bonchev–Trinajstić information content (AvgIpc) is 3.38. The maximum Gasteiger partial charge on any atom is 0.273 e. The van der Waals surface area contributed by atoms with Gasteiger partial charge >= 0.3 is 0 Å². The van der Waals surface area contributed by atoms with Crippen molar-refractivity contribution in [2.45, 2.75) is 38.1 Å². The number of rotatable bonds is 8. The van der Waals surface area contributed by atoms with Gasteiger partial charge in [-0.3, -0.25) is 14.6 Å². The second kappa shape index (κ2) is 11.7. The summed E-state index contributed by atoms with van der Waals surface area (Å²) in [5.41, 5.74) is 2.09. The molecule has 1 aliphatic rings. The molecule has 0 aliphatic carbocycles. The lowest BCUT2D eigenvalue weighted by Gasteiger charge is -2.31. The summed E-state index contributed by atoms with van der Waals surface area (Å²) >= 11 is 1.47. The number of hydrogen-bond donors (Lipinski definition) is 0. The number of carbonyl (C=O) groups excluding carboxylic acids is 2. The maximum atomic E-state index is 13.2. The first-order chi connectivity index (χ1) is 17.0. The summed E-state index contributed by atoms with van der Waals surface area (Å²) in [6.45, 7) is 1.95. The lowest BCUT2D eigenvalue weighted by Crippen LogP contribution is -2.38. The Kier molecular flexibility index (Phi) is 8.16. The van der Waals surface area contributed by atoms with Gasteiger partial charge in [0, 0.05) is 49.9 Å². The molecule has 0 unspecified atom stereocenters. The molecule has 0 N–H and O–H groups in total. The molecule has 1 saturated heterocycles. The predicted octanol–water partition coefficient (Wildman–Crippen LogP) is 4.18. The van der Waals surface area contributed by atoms with Gasteiger partial charge in [0.05, 0.1) is 23.9 Å². The van der Waals surface area contributed by atoms with E-state index >= 15 is 0 Å². The number of benzene rings is 1. The van der Waals surface area contributed by atoms with Crippen LogP contribution < -0.4 is 0 Å². The first-order valence-corrected chi connectivity index (χ1v) is 12.4. The molecule has 9 heteroatoms. The molecule has 4 rings (SSSR count). The zero-order valence-electron chi connectivity index (χ0n) is 19.3. The van der Waals surface area contributed by atoms with Crippen LogP contribution in [0, 0.1) is 17.1 Å². The number of halogens is 1. The van der Waals surface area contributed by atoms with E-state index in [1.54, 1.807) is 34.8 Å². The zero-order valence-corrected chi connectivity index (χ0v) is 20.1. The second-order valence-corrected chi connectivity index (χ2v) is 9.42. The van der Waals surface area contributed by atoms with Crippen LogP contribution in [0.25, 0.3) is 0 Å². The average molecular weight is 492 g/mol. The molecule has 180 valence electrons. The molecule has 1 aliphatic heterocycles. The largest absolute Gasteiger partial charge is 0.342 e. The molecule has 3 heterocycles.